The molecule has 0 aromatic heterocycles. The fraction of sp³-hybridized carbons (Fsp3) is 0. The molecular formula is C18H14O4. The van der Waals surface area contributed by atoms with Gasteiger partial charge in [-0.15, -0.1) is 0 Å². The van der Waals surface area contributed by atoms with Crippen molar-refractivity contribution in [1.82, 2.24) is 0 Å². The van der Waals surface area contributed by atoms with E-state index in [2.05, 4.69) is 13.2 Å². The van der Waals surface area contributed by atoms with Crippen molar-refractivity contribution in [3.63, 3.8) is 0 Å². The first-order chi connectivity index (χ1) is 10.4. The molecule has 2 aromatic carbocycles. The second kappa shape index (κ2) is 6.10. The SMILES string of the molecule is C=Cc1cc(C(=O)O)cc(-c2cc(C=C)cc(C(=O)O)c2)c1. The minimum atomic E-state index is -1.05. The topological polar surface area (TPSA) is 74.6 Å². The van der Waals surface area contributed by atoms with E-state index in [4.69, 9.17) is 0 Å². The van der Waals surface area contributed by atoms with Crippen LogP contribution in [0.1, 0.15) is 31.8 Å². The average molecular weight is 294 g/mol. The smallest absolute Gasteiger partial charge is 0.335 e. The number of hydrogen-bond donors (Lipinski definition) is 2. The van der Waals surface area contributed by atoms with Crippen molar-refractivity contribution < 1.29 is 19.8 Å². The first-order valence-electron chi connectivity index (χ1n) is 6.46. The molecule has 0 fully saturated rings. The van der Waals surface area contributed by atoms with Crippen molar-refractivity contribution in [3.8, 4) is 11.1 Å². The Morgan fingerprint density at radius 1 is 0.727 bits per heavy atom. The molecule has 22 heavy (non-hydrogen) atoms. The van der Waals surface area contributed by atoms with Gasteiger partial charge in [0.15, 0.2) is 0 Å². The number of carboxylic acids is 2. The van der Waals surface area contributed by atoms with Gasteiger partial charge in [0, 0.05) is 0 Å². The molecule has 0 bridgehead atoms. The lowest BCUT2D eigenvalue weighted by atomic mass is 9.96. The maximum Gasteiger partial charge on any atom is 0.335 e. The van der Waals surface area contributed by atoms with Gasteiger partial charge in [0.25, 0.3) is 0 Å². The molecule has 0 aliphatic rings. The standard InChI is InChI=1S/C18H14O4/c1-3-11-5-13(9-15(7-11)17(19)20)14-6-12(4-2)8-16(10-14)18(21)22/h3-10H,1-2H2,(H,19,20)(H,21,22). The molecule has 2 aromatic rings. The average Bonchev–Trinajstić information content (AvgIpc) is 2.53. The Morgan fingerprint density at radius 3 is 1.36 bits per heavy atom. The largest absolute Gasteiger partial charge is 0.478 e. The minimum absolute atomic E-state index is 0.119. The molecule has 0 saturated heterocycles. The molecule has 4 heteroatoms. The van der Waals surface area contributed by atoms with Gasteiger partial charge in [-0.1, -0.05) is 25.3 Å². The lowest BCUT2D eigenvalue weighted by molar-refractivity contribution is 0.0686. The molecule has 110 valence electrons. The molecular weight excluding hydrogens is 280 g/mol. The molecule has 0 saturated carbocycles. The Labute approximate surface area is 127 Å². The second-order valence-electron chi connectivity index (χ2n) is 4.71. The Kier molecular flexibility index (Phi) is 4.23. The van der Waals surface area contributed by atoms with E-state index in [1.54, 1.807) is 24.3 Å². The summed E-state index contributed by atoms with van der Waals surface area (Å²) in [5.74, 6) is -2.11. The van der Waals surface area contributed by atoms with Crippen molar-refractivity contribution in [3.05, 3.63) is 71.8 Å². The van der Waals surface area contributed by atoms with Crippen molar-refractivity contribution in [2.45, 2.75) is 0 Å². The molecule has 0 atom stereocenters. The van der Waals surface area contributed by atoms with Gasteiger partial charge in [0.1, 0.15) is 0 Å². The fourth-order valence-electron chi connectivity index (χ4n) is 2.12. The molecule has 4 nitrogen and oxygen atoms in total. The van der Waals surface area contributed by atoms with Crippen LogP contribution in [0.5, 0.6) is 0 Å². The number of hydrogen-bond acceptors (Lipinski definition) is 2. The zero-order chi connectivity index (χ0) is 16.3. The monoisotopic (exact) mass is 294 g/mol. The van der Waals surface area contributed by atoms with Gasteiger partial charge in [-0.25, -0.2) is 9.59 Å². The number of rotatable bonds is 5. The van der Waals surface area contributed by atoms with E-state index in [9.17, 15) is 19.8 Å². The highest BCUT2D eigenvalue weighted by molar-refractivity contribution is 5.93. The van der Waals surface area contributed by atoms with Crippen LogP contribution in [0.3, 0.4) is 0 Å². The Balaban J connectivity index is 2.69. The Bertz CT molecular complexity index is 720. The van der Waals surface area contributed by atoms with Crippen molar-refractivity contribution in [1.29, 1.82) is 0 Å². The number of benzene rings is 2. The van der Waals surface area contributed by atoms with Gasteiger partial charge < -0.3 is 10.2 Å². The molecule has 2 rings (SSSR count). The highest BCUT2D eigenvalue weighted by atomic mass is 16.4. The van der Waals surface area contributed by atoms with Gasteiger partial charge in [-0.2, -0.15) is 0 Å². The first kappa shape index (κ1) is 15.3. The maximum absolute atomic E-state index is 11.2. The summed E-state index contributed by atoms with van der Waals surface area (Å²) in [6, 6.07) is 9.54. The van der Waals surface area contributed by atoms with Crippen LogP contribution >= 0.6 is 0 Å². The number of aromatic carboxylic acids is 2. The van der Waals surface area contributed by atoms with E-state index < -0.39 is 11.9 Å². The molecule has 0 unspecified atom stereocenters. The predicted molar refractivity (Wildman–Crippen MR) is 86.0 cm³/mol. The van der Waals surface area contributed by atoms with E-state index in [-0.39, 0.29) is 11.1 Å². The highest BCUT2D eigenvalue weighted by Gasteiger charge is 2.11. The van der Waals surface area contributed by atoms with Crippen LogP contribution in [0.25, 0.3) is 23.3 Å². The van der Waals surface area contributed by atoms with Gasteiger partial charge >= 0.3 is 11.9 Å². The molecule has 0 amide bonds. The Morgan fingerprint density at radius 2 is 1.09 bits per heavy atom. The van der Waals surface area contributed by atoms with Gasteiger partial charge in [-0.05, 0) is 58.7 Å². The van der Waals surface area contributed by atoms with E-state index in [0.717, 1.165) is 0 Å². The summed E-state index contributed by atoms with van der Waals surface area (Å²) in [5, 5.41) is 18.4. The van der Waals surface area contributed by atoms with E-state index in [0.29, 0.717) is 22.3 Å². The summed E-state index contributed by atoms with van der Waals surface area (Å²) < 4.78 is 0. The lowest BCUT2D eigenvalue weighted by Gasteiger charge is -2.08. The second-order valence-corrected chi connectivity index (χ2v) is 4.71. The van der Waals surface area contributed by atoms with E-state index in [1.807, 2.05) is 0 Å². The summed E-state index contributed by atoms with van der Waals surface area (Å²) in [4.78, 5) is 22.4. The van der Waals surface area contributed by atoms with Crippen molar-refractivity contribution >= 4 is 24.1 Å². The summed E-state index contributed by atoms with van der Waals surface area (Å²) in [6.45, 7) is 7.28. The highest BCUT2D eigenvalue weighted by Crippen LogP contribution is 2.26. The van der Waals surface area contributed by atoms with Crippen molar-refractivity contribution in [2.75, 3.05) is 0 Å². The van der Waals surface area contributed by atoms with Gasteiger partial charge in [-0.3, -0.25) is 0 Å². The number of carboxylic acid groups (broad SMARTS) is 2. The van der Waals surface area contributed by atoms with E-state index in [1.165, 1.54) is 24.3 Å². The quantitative estimate of drug-likeness (QED) is 0.872. The molecule has 0 spiro atoms. The third kappa shape index (κ3) is 3.12. The van der Waals surface area contributed by atoms with Crippen LogP contribution in [0.15, 0.2) is 49.6 Å². The van der Waals surface area contributed by atoms with Crippen LogP contribution in [-0.2, 0) is 0 Å². The van der Waals surface area contributed by atoms with Crippen LogP contribution < -0.4 is 0 Å². The normalized spacial score (nSPS) is 10.0. The number of carbonyl (C=O) groups is 2. The van der Waals surface area contributed by atoms with Crippen LogP contribution in [-0.4, -0.2) is 22.2 Å². The predicted octanol–water partition coefficient (Wildman–Crippen LogP) is 4.04. The fourth-order valence-corrected chi connectivity index (χ4v) is 2.12. The summed E-state index contributed by atoms with van der Waals surface area (Å²) in [5.41, 5.74) is 2.76. The summed E-state index contributed by atoms with van der Waals surface area (Å²) >= 11 is 0. The molecule has 0 aliphatic heterocycles. The lowest BCUT2D eigenvalue weighted by Crippen LogP contribution is -1.99. The van der Waals surface area contributed by atoms with Crippen LogP contribution in [0, 0.1) is 0 Å². The first-order valence-corrected chi connectivity index (χ1v) is 6.46. The van der Waals surface area contributed by atoms with Crippen LogP contribution in [0.4, 0.5) is 0 Å². The molecule has 0 radical (unpaired) electrons. The van der Waals surface area contributed by atoms with E-state index >= 15 is 0 Å². The van der Waals surface area contributed by atoms with Gasteiger partial charge in [0.2, 0.25) is 0 Å². The van der Waals surface area contributed by atoms with Gasteiger partial charge in [0.05, 0.1) is 11.1 Å². The zero-order valence-corrected chi connectivity index (χ0v) is 11.7. The molecule has 0 heterocycles. The molecule has 2 N–H and O–H groups in total. The maximum atomic E-state index is 11.2. The van der Waals surface area contributed by atoms with Crippen LogP contribution in [0.2, 0.25) is 0 Å². The third-order valence-corrected chi connectivity index (χ3v) is 3.21. The Hall–Kier alpha value is -3.14. The minimum Gasteiger partial charge on any atom is -0.478 e. The summed E-state index contributed by atoms with van der Waals surface area (Å²) in [7, 11) is 0. The summed E-state index contributed by atoms with van der Waals surface area (Å²) in [6.07, 6.45) is 3.09. The molecule has 0 aliphatic carbocycles. The third-order valence-electron chi connectivity index (χ3n) is 3.21. The zero-order valence-electron chi connectivity index (χ0n) is 11.7. The van der Waals surface area contributed by atoms with Crippen molar-refractivity contribution in [2.24, 2.45) is 0 Å².